The number of unbranched alkanes of at least 4 members (excludes halogenated alkanes) is 2. The highest BCUT2D eigenvalue weighted by molar-refractivity contribution is 7.56. The Morgan fingerprint density at radius 3 is 2.74 bits per heavy atom. The molecule has 1 saturated heterocycles. The molecule has 0 spiro atoms. The number of nitrogens with one attached hydrogen (secondary N) is 2. The van der Waals surface area contributed by atoms with Crippen LogP contribution in [0, 0.1) is 0 Å². The molecular weight excluding hydrogens is 516 g/mol. The van der Waals surface area contributed by atoms with E-state index in [0.717, 1.165) is 25.7 Å². The Hall–Kier alpha value is -2.73. The SMILES string of the molecule is CCCCOC(=O)CNP(/C=C/C1CC(F)C(n2cnc3c(N)ncnc32)O1)NC(C)C(=O)OCCCC. The fraction of sp³-hybridized carbons (Fsp3) is 0.625. The van der Waals surface area contributed by atoms with E-state index in [0.29, 0.717) is 24.4 Å². The molecule has 0 amide bonds. The molecule has 3 rings (SSSR count). The van der Waals surface area contributed by atoms with Crippen molar-refractivity contribution < 1.29 is 28.2 Å². The van der Waals surface area contributed by atoms with Gasteiger partial charge in [0.1, 0.15) is 24.1 Å². The molecule has 0 aliphatic carbocycles. The molecule has 1 fully saturated rings. The van der Waals surface area contributed by atoms with Crippen LogP contribution in [-0.4, -0.2) is 69.5 Å². The average Bonchev–Trinajstić information content (AvgIpc) is 3.49. The number of hydrogen-bond donors (Lipinski definition) is 3. The summed E-state index contributed by atoms with van der Waals surface area (Å²) < 4.78 is 32.9. The number of rotatable bonds is 15. The molecule has 5 unspecified atom stereocenters. The lowest BCUT2D eigenvalue weighted by Gasteiger charge is -2.21. The Kier molecular flexibility index (Phi) is 11.8. The summed E-state index contributed by atoms with van der Waals surface area (Å²) in [6.07, 6.45) is 5.16. The van der Waals surface area contributed by atoms with E-state index in [1.54, 1.807) is 18.8 Å². The Morgan fingerprint density at radius 1 is 1.26 bits per heavy atom. The lowest BCUT2D eigenvalue weighted by molar-refractivity contribution is -0.145. The van der Waals surface area contributed by atoms with Crippen LogP contribution in [0.3, 0.4) is 0 Å². The summed E-state index contributed by atoms with van der Waals surface area (Å²) >= 11 is 0. The molecule has 210 valence electrons. The van der Waals surface area contributed by atoms with Gasteiger partial charge in [-0.25, -0.2) is 19.3 Å². The number of nitrogens with two attached hydrogens (primary N) is 1. The predicted molar refractivity (Wildman–Crippen MR) is 142 cm³/mol. The van der Waals surface area contributed by atoms with Crippen LogP contribution in [-0.2, 0) is 23.8 Å². The monoisotopic (exact) mass is 553 g/mol. The van der Waals surface area contributed by atoms with E-state index in [1.165, 1.54) is 17.2 Å². The minimum absolute atomic E-state index is 0.0492. The molecule has 3 heterocycles. The first kappa shape index (κ1) is 29.8. The zero-order valence-electron chi connectivity index (χ0n) is 22.0. The number of imidazole rings is 1. The van der Waals surface area contributed by atoms with E-state index >= 15 is 0 Å². The molecule has 0 aromatic carbocycles. The molecular formula is C24H37FN7O5P. The van der Waals surface area contributed by atoms with Crippen LogP contribution in [0.4, 0.5) is 10.2 Å². The number of fused-ring (bicyclic) bond motifs is 1. The normalized spacial score (nSPS) is 21.1. The van der Waals surface area contributed by atoms with Crippen molar-refractivity contribution in [1.82, 2.24) is 29.7 Å². The molecule has 0 radical (unpaired) electrons. The van der Waals surface area contributed by atoms with Crippen LogP contribution in [0.1, 0.15) is 59.1 Å². The van der Waals surface area contributed by atoms with Gasteiger partial charge in [0.15, 0.2) is 17.7 Å². The van der Waals surface area contributed by atoms with Crippen LogP contribution in [0.5, 0.6) is 0 Å². The summed E-state index contributed by atoms with van der Waals surface area (Å²) in [5.74, 6) is 1.18. The third kappa shape index (κ3) is 8.39. The lowest BCUT2D eigenvalue weighted by atomic mass is 10.2. The number of ether oxygens (including phenoxy) is 3. The molecule has 2 aromatic heterocycles. The largest absolute Gasteiger partial charge is 0.465 e. The van der Waals surface area contributed by atoms with E-state index in [1.807, 2.05) is 13.8 Å². The van der Waals surface area contributed by atoms with Crippen LogP contribution in [0.15, 0.2) is 24.5 Å². The molecule has 12 nitrogen and oxygen atoms in total. The highest BCUT2D eigenvalue weighted by Crippen LogP contribution is 2.36. The van der Waals surface area contributed by atoms with E-state index in [4.69, 9.17) is 19.9 Å². The number of halogens is 1. The maximum absolute atomic E-state index is 15.0. The number of anilines is 1. The van der Waals surface area contributed by atoms with Crippen molar-refractivity contribution in [2.75, 3.05) is 25.5 Å². The molecule has 2 aromatic rings. The van der Waals surface area contributed by atoms with E-state index in [-0.39, 0.29) is 24.8 Å². The number of nitrogen functional groups attached to an aromatic ring is 1. The fourth-order valence-electron chi connectivity index (χ4n) is 3.64. The Morgan fingerprint density at radius 2 is 2.00 bits per heavy atom. The quantitative estimate of drug-likeness (QED) is 0.169. The zero-order chi connectivity index (χ0) is 27.5. The molecule has 38 heavy (non-hydrogen) atoms. The van der Waals surface area contributed by atoms with Crippen molar-refractivity contribution in [2.24, 2.45) is 0 Å². The van der Waals surface area contributed by atoms with Crippen molar-refractivity contribution in [3.8, 4) is 0 Å². The number of carbonyl (C=O) groups excluding carboxylic acids is 2. The summed E-state index contributed by atoms with van der Waals surface area (Å²) in [5.41, 5.74) is 6.61. The van der Waals surface area contributed by atoms with Gasteiger partial charge in [-0.15, -0.1) is 0 Å². The van der Waals surface area contributed by atoms with Crippen molar-refractivity contribution >= 4 is 37.1 Å². The summed E-state index contributed by atoms with van der Waals surface area (Å²) in [4.78, 5) is 36.7. The maximum Gasteiger partial charge on any atom is 0.323 e. The first-order valence-corrected chi connectivity index (χ1v) is 14.3. The third-order valence-electron chi connectivity index (χ3n) is 5.78. The van der Waals surface area contributed by atoms with Gasteiger partial charge in [0.25, 0.3) is 0 Å². The Balaban J connectivity index is 1.64. The van der Waals surface area contributed by atoms with Gasteiger partial charge in [-0.1, -0.05) is 32.8 Å². The molecule has 1 aliphatic heterocycles. The number of aromatic nitrogens is 4. The second-order valence-corrected chi connectivity index (χ2v) is 10.5. The number of carbonyl (C=O) groups is 2. The van der Waals surface area contributed by atoms with Crippen LogP contribution in [0.2, 0.25) is 0 Å². The van der Waals surface area contributed by atoms with E-state index in [2.05, 4.69) is 25.1 Å². The van der Waals surface area contributed by atoms with Gasteiger partial charge in [0.05, 0.1) is 40.4 Å². The topological polar surface area (TPSA) is 156 Å². The molecule has 0 saturated carbocycles. The summed E-state index contributed by atoms with van der Waals surface area (Å²) in [7, 11) is -1.37. The molecule has 1 aliphatic rings. The van der Waals surface area contributed by atoms with E-state index < -0.39 is 38.7 Å². The highest BCUT2D eigenvalue weighted by atomic mass is 31.1. The van der Waals surface area contributed by atoms with Crippen LogP contribution in [0.25, 0.3) is 11.2 Å². The van der Waals surface area contributed by atoms with Gasteiger partial charge in [0, 0.05) is 6.42 Å². The number of nitrogens with zero attached hydrogens (tertiary/aromatic N) is 4. The standard InChI is InChI=1S/C24H37FN7O5P/c1-4-6-9-35-19(33)13-30-38(31-16(3)24(34)36-10-7-5-2)11-8-17-12-18(25)23(37-17)32-15-29-20-21(26)27-14-28-22(20)32/h8,11,14-18,23,30-31H,4-7,9-10,12-13H2,1-3H3,(H2,26,27,28)/b11-8+. The zero-order valence-corrected chi connectivity index (χ0v) is 22.9. The average molecular weight is 554 g/mol. The predicted octanol–water partition coefficient (Wildman–Crippen LogP) is 3.11. The van der Waals surface area contributed by atoms with Crippen molar-refractivity contribution in [3.63, 3.8) is 0 Å². The summed E-state index contributed by atoms with van der Waals surface area (Å²) in [6, 6.07) is -0.625. The minimum Gasteiger partial charge on any atom is -0.465 e. The Bertz CT molecular complexity index is 1090. The number of alkyl halides is 1. The number of hydrogen-bond acceptors (Lipinski definition) is 11. The summed E-state index contributed by atoms with van der Waals surface area (Å²) in [5, 5.41) is 6.25. The van der Waals surface area contributed by atoms with Gasteiger partial charge in [-0.05, 0) is 25.6 Å². The van der Waals surface area contributed by atoms with Gasteiger partial charge in [0.2, 0.25) is 0 Å². The van der Waals surface area contributed by atoms with Crippen molar-refractivity contribution in [2.45, 2.75) is 77.4 Å². The van der Waals surface area contributed by atoms with Crippen molar-refractivity contribution in [3.05, 3.63) is 24.5 Å². The first-order valence-electron chi connectivity index (χ1n) is 12.9. The Labute approximate surface area is 222 Å². The van der Waals surface area contributed by atoms with Crippen LogP contribution < -0.4 is 15.9 Å². The minimum atomic E-state index is -1.37. The van der Waals surface area contributed by atoms with Gasteiger partial charge in [-0.2, -0.15) is 0 Å². The highest BCUT2D eigenvalue weighted by Gasteiger charge is 2.37. The molecule has 5 atom stereocenters. The van der Waals surface area contributed by atoms with Gasteiger partial charge < -0.3 is 19.9 Å². The fourth-order valence-corrected chi connectivity index (χ4v) is 5.11. The third-order valence-corrected chi connectivity index (χ3v) is 7.41. The number of esters is 2. The summed E-state index contributed by atoms with van der Waals surface area (Å²) in [6.45, 7) is 6.37. The maximum atomic E-state index is 15.0. The van der Waals surface area contributed by atoms with Crippen LogP contribution >= 0.6 is 8.22 Å². The van der Waals surface area contributed by atoms with Gasteiger partial charge in [-0.3, -0.25) is 24.3 Å². The van der Waals surface area contributed by atoms with Gasteiger partial charge >= 0.3 is 11.9 Å². The van der Waals surface area contributed by atoms with Crippen molar-refractivity contribution in [1.29, 1.82) is 0 Å². The molecule has 4 N–H and O–H groups in total. The molecule has 0 bridgehead atoms. The second-order valence-electron chi connectivity index (χ2n) is 8.89. The lowest BCUT2D eigenvalue weighted by Crippen LogP contribution is -2.35. The van der Waals surface area contributed by atoms with E-state index in [9.17, 15) is 14.0 Å². The second kappa shape index (κ2) is 15.0. The smallest absolute Gasteiger partial charge is 0.323 e. The first-order chi connectivity index (χ1) is 18.3. The molecule has 14 heteroatoms.